The number of nitrogens with zero attached hydrogens (tertiary/aromatic N) is 3. The first-order valence-electron chi connectivity index (χ1n) is 8.80. The molecule has 1 saturated heterocycles. The molecule has 3 rings (SSSR count). The van der Waals surface area contributed by atoms with Crippen LogP contribution >= 0.6 is 0 Å². The van der Waals surface area contributed by atoms with Crippen molar-refractivity contribution >= 4 is 5.91 Å². The molecule has 0 spiro atoms. The third-order valence-corrected chi connectivity index (χ3v) is 5.07. The number of piperidine rings is 1. The van der Waals surface area contributed by atoms with E-state index in [2.05, 4.69) is 15.2 Å². The molecule has 2 aliphatic rings. The molecule has 0 aromatic carbocycles. The Bertz CT molecular complexity index is 453. The summed E-state index contributed by atoms with van der Waals surface area (Å²) in [5.74, 6) is 0.171. The highest BCUT2D eigenvalue weighted by Gasteiger charge is 2.27. The van der Waals surface area contributed by atoms with Gasteiger partial charge in [0, 0.05) is 44.0 Å². The Kier molecular flexibility index (Phi) is 5.48. The van der Waals surface area contributed by atoms with E-state index in [9.17, 15) is 4.79 Å². The normalized spacial score (nSPS) is 24.3. The zero-order valence-electron chi connectivity index (χ0n) is 13.4. The summed E-state index contributed by atoms with van der Waals surface area (Å²) >= 11 is 0. The SMILES string of the molecule is O=C(CCn1ccnc1)N[C@@H]1CCCN(C2CCCCC2)C1. The molecule has 2 heterocycles. The molecule has 122 valence electrons. The Morgan fingerprint density at radius 1 is 1.18 bits per heavy atom. The number of aromatic nitrogens is 2. The van der Waals surface area contributed by atoms with Crippen molar-refractivity contribution in [1.29, 1.82) is 0 Å². The Hall–Kier alpha value is -1.36. The largest absolute Gasteiger partial charge is 0.352 e. The average molecular weight is 304 g/mol. The third-order valence-electron chi connectivity index (χ3n) is 5.07. The van der Waals surface area contributed by atoms with Gasteiger partial charge in [0.25, 0.3) is 0 Å². The molecule has 2 fully saturated rings. The maximum atomic E-state index is 12.1. The lowest BCUT2D eigenvalue weighted by Crippen LogP contribution is -2.51. The molecule has 1 N–H and O–H groups in total. The smallest absolute Gasteiger partial charge is 0.222 e. The van der Waals surface area contributed by atoms with Gasteiger partial charge in [-0.25, -0.2) is 4.98 Å². The maximum Gasteiger partial charge on any atom is 0.222 e. The molecule has 1 atom stereocenters. The molecule has 0 radical (unpaired) electrons. The van der Waals surface area contributed by atoms with E-state index in [0.717, 1.165) is 19.0 Å². The minimum absolute atomic E-state index is 0.171. The fourth-order valence-corrected chi connectivity index (χ4v) is 3.85. The zero-order chi connectivity index (χ0) is 15.2. The molecular formula is C17H28N4O. The first kappa shape index (κ1) is 15.5. The Morgan fingerprint density at radius 3 is 2.82 bits per heavy atom. The van der Waals surface area contributed by atoms with Gasteiger partial charge in [-0.2, -0.15) is 0 Å². The number of imidazole rings is 1. The van der Waals surface area contributed by atoms with Crippen molar-refractivity contribution in [2.75, 3.05) is 13.1 Å². The van der Waals surface area contributed by atoms with E-state index in [1.54, 1.807) is 12.5 Å². The Morgan fingerprint density at radius 2 is 2.05 bits per heavy atom. The van der Waals surface area contributed by atoms with E-state index in [1.807, 2.05) is 10.8 Å². The van der Waals surface area contributed by atoms with Crippen LogP contribution < -0.4 is 5.32 Å². The first-order valence-corrected chi connectivity index (χ1v) is 8.80. The predicted octanol–water partition coefficient (Wildman–Crippen LogP) is 2.19. The van der Waals surface area contributed by atoms with Crippen molar-refractivity contribution in [2.24, 2.45) is 0 Å². The summed E-state index contributed by atoms with van der Waals surface area (Å²) < 4.78 is 1.95. The summed E-state index contributed by atoms with van der Waals surface area (Å²) in [5.41, 5.74) is 0. The summed E-state index contributed by atoms with van der Waals surface area (Å²) in [7, 11) is 0. The van der Waals surface area contributed by atoms with Crippen molar-refractivity contribution in [3.8, 4) is 0 Å². The molecular weight excluding hydrogens is 276 g/mol. The highest BCUT2D eigenvalue weighted by molar-refractivity contribution is 5.76. The number of hydrogen-bond donors (Lipinski definition) is 1. The highest BCUT2D eigenvalue weighted by Crippen LogP contribution is 2.25. The second-order valence-electron chi connectivity index (χ2n) is 6.74. The van der Waals surface area contributed by atoms with Gasteiger partial charge in [-0.15, -0.1) is 0 Å². The van der Waals surface area contributed by atoms with E-state index in [-0.39, 0.29) is 5.91 Å². The van der Waals surface area contributed by atoms with Crippen LogP contribution in [-0.2, 0) is 11.3 Å². The summed E-state index contributed by atoms with van der Waals surface area (Å²) in [4.78, 5) is 18.8. The molecule has 1 aromatic rings. The molecule has 0 unspecified atom stereocenters. The predicted molar refractivity (Wildman–Crippen MR) is 86.5 cm³/mol. The summed E-state index contributed by atoms with van der Waals surface area (Å²) in [5, 5.41) is 3.24. The van der Waals surface area contributed by atoms with E-state index >= 15 is 0 Å². The van der Waals surface area contributed by atoms with Gasteiger partial charge in [-0.05, 0) is 32.2 Å². The molecule has 1 aliphatic heterocycles. The summed E-state index contributed by atoms with van der Waals surface area (Å²) in [6.45, 7) is 2.97. The maximum absolute atomic E-state index is 12.1. The minimum Gasteiger partial charge on any atom is -0.352 e. The molecule has 1 aromatic heterocycles. The molecule has 1 aliphatic carbocycles. The quantitative estimate of drug-likeness (QED) is 0.907. The number of rotatable bonds is 5. The van der Waals surface area contributed by atoms with Crippen molar-refractivity contribution < 1.29 is 4.79 Å². The molecule has 5 nitrogen and oxygen atoms in total. The zero-order valence-corrected chi connectivity index (χ0v) is 13.4. The van der Waals surface area contributed by atoms with Crippen LogP contribution in [0.3, 0.4) is 0 Å². The monoisotopic (exact) mass is 304 g/mol. The van der Waals surface area contributed by atoms with Crippen LogP contribution in [0.15, 0.2) is 18.7 Å². The lowest BCUT2D eigenvalue weighted by molar-refractivity contribution is -0.122. The highest BCUT2D eigenvalue weighted by atomic mass is 16.1. The van der Waals surface area contributed by atoms with Crippen LogP contribution in [0, 0.1) is 0 Å². The van der Waals surface area contributed by atoms with Gasteiger partial charge in [0.05, 0.1) is 6.33 Å². The van der Waals surface area contributed by atoms with E-state index < -0.39 is 0 Å². The van der Waals surface area contributed by atoms with Crippen molar-refractivity contribution in [3.05, 3.63) is 18.7 Å². The minimum atomic E-state index is 0.171. The van der Waals surface area contributed by atoms with Crippen LogP contribution in [0.5, 0.6) is 0 Å². The summed E-state index contributed by atoms with van der Waals surface area (Å²) in [6, 6.07) is 1.10. The number of aryl methyl sites for hydroxylation is 1. The standard InChI is InChI=1S/C17H28N4O/c22-17(8-11-20-12-9-18-14-20)19-15-5-4-10-21(13-15)16-6-2-1-3-7-16/h9,12,14-16H,1-8,10-11,13H2,(H,19,22)/t15-/m1/s1. The van der Waals surface area contributed by atoms with Gasteiger partial charge in [0.15, 0.2) is 0 Å². The second kappa shape index (κ2) is 7.77. The molecule has 1 saturated carbocycles. The van der Waals surface area contributed by atoms with Crippen molar-refractivity contribution in [2.45, 2.75) is 70.0 Å². The van der Waals surface area contributed by atoms with Crippen LogP contribution in [-0.4, -0.2) is 45.5 Å². The van der Waals surface area contributed by atoms with Crippen molar-refractivity contribution in [1.82, 2.24) is 19.8 Å². The average Bonchev–Trinajstić information content (AvgIpc) is 3.08. The van der Waals surface area contributed by atoms with Crippen LogP contribution in [0.2, 0.25) is 0 Å². The summed E-state index contributed by atoms with van der Waals surface area (Å²) in [6.07, 6.45) is 15.1. The number of hydrogen-bond acceptors (Lipinski definition) is 3. The fourth-order valence-electron chi connectivity index (χ4n) is 3.85. The van der Waals surface area contributed by atoms with Gasteiger partial charge < -0.3 is 9.88 Å². The molecule has 1 amide bonds. The molecule has 22 heavy (non-hydrogen) atoms. The van der Waals surface area contributed by atoms with Gasteiger partial charge in [0.1, 0.15) is 0 Å². The van der Waals surface area contributed by atoms with Gasteiger partial charge in [-0.1, -0.05) is 19.3 Å². The van der Waals surface area contributed by atoms with E-state index in [4.69, 9.17) is 0 Å². The number of likely N-dealkylation sites (tertiary alicyclic amines) is 1. The number of carbonyl (C=O) groups is 1. The van der Waals surface area contributed by atoms with Crippen molar-refractivity contribution in [3.63, 3.8) is 0 Å². The van der Waals surface area contributed by atoms with Gasteiger partial charge >= 0.3 is 0 Å². The van der Waals surface area contributed by atoms with Gasteiger partial charge in [-0.3, -0.25) is 9.69 Å². The first-order chi connectivity index (χ1) is 10.8. The third kappa shape index (κ3) is 4.32. The number of carbonyl (C=O) groups excluding carboxylic acids is 1. The molecule has 5 heteroatoms. The van der Waals surface area contributed by atoms with Crippen LogP contribution in [0.25, 0.3) is 0 Å². The lowest BCUT2D eigenvalue weighted by atomic mass is 9.92. The lowest BCUT2D eigenvalue weighted by Gasteiger charge is -2.40. The topological polar surface area (TPSA) is 50.2 Å². The van der Waals surface area contributed by atoms with E-state index in [1.165, 1.54) is 45.1 Å². The molecule has 0 bridgehead atoms. The number of nitrogens with one attached hydrogen (secondary N) is 1. The second-order valence-corrected chi connectivity index (χ2v) is 6.74. The Balaban J connectivity index is 1.42. The number of amides is 1. The fraction of sp³-hybridized carbons (Fsp3) is 0.765. The Labute approximate surface area is 133 Å². The van der Waals surface area contributed by atoms with E-state index in [0.29, 0.717) is 19.0 Å². The van der Waals surface area contributed by atoms with Gasteiger partial charge in [0.2, 0.25) is 5.91 Å². The van der Waals surface area contributed by atoms with Crippen LogP contribution in [0.4, 0.5) is 0 Å². The van der Waals surface area contributed by atoms with Crippen LogP contribution in [0.1, 0.15) is 51.4 Å².